The van der Waals surface area contributed by atoms with E-state index >= 15 is 0 Å². The van der Waals surface area contributed by atoms with E-state index in [1.807, 2.05) is 0 Å². The van der Waals surface area contributed by atoms with Crippen molar-refractivity contribution >= 4 is 19.4 Å². The predicted octanol–water partition coefficient (Wildman–Crippen LogP) is -3.33. The van der Waals surface area contributed by atoms with Gasteiger partial charge >= 0.3 is 0 Å². The van der Waals surface area contributed by atoms with Gasteiger partial charge in [-0.2, -0.15) is 0 Å². The lowest BCUT2D eigenvalue weighted by Gasteiger charge is -1.56. The lowest BCUT2D eigenvalue weighted by Crippen LogP contribution is -1.81. The Hall–Kier alpha value is -1.32. The second-order valence-electron chi connectivity index (χ2n) is 0.476. The van der Waals surface area contributed by atoms with Crippen LogP contribution in [0.3, 0.4) is 0 Å². The molecule has 0 aliphatic heterocycles. The molecule has 0 aliphatic carbocycles. The van der Waals surface area contributed by atoms with Gasteiger partial charge < -0.3 is 10.4 Å². The molecule has 0 aromatic carbocycles. The molecule has 0 spiro atoms. The number of hydrogen-bond acceptors (Lipinski definition) is 4. The fraction of sp³-hybridized carbons (Fsp3) is 0. The van der Waals surface area contributed by atoms with Gasteiger partial charge in [-0.3, -0.25) is 0 Å². The summed E-state index contributed by atoms with van der Waals surface area (Å²) in [6.45, 7) is 0. The molecule has 10 heavy (non-hydrogen) atoms. The van der Waals surface area contributed by atoms with Gasteiger partial charge in [-0.05, 0) is 11.0 Å². The molecule has 0 aliphatic rings. The molecule has 10 heteroatoms. The fourth-order valence-electron chi connectivity index (χ4n) is 0. The molecule has 0 amide bonds. The van der Waals surface area contributed by atoms with E-state index in [2.05, 4.69) is 0 Å². The summed E-state index contributed by atoms with van der Waals surface area (Å²) in [5.41, 5.74) is 0. The van der Waals surface area contributed by atoms with Gasteiger partial charge in [0.1, 0.15) is 0 Å². The van der Waals surface area contributed by atoms with Crippen molar-refractivity contribution in [1.29, 1.82) is 0 Å². The van der Waals surface area contributed by atoms with Crippen LogP contribution in [0.5, 0.6) is 0 Å². The summed E-state index contributed by atoms with van der Waals surface area (Å²) in [6.07, 6.45) is 0. The van der Waals surface area contributed by atoms with Crippen LogP contribution in [0.4, 0.5) is 0 Å². The molecule has 0 rings (SSSR count). The first-order valence-corrected chi connectivity index (χ1v) is 1.13. The van der Waals surface area contributed by atoms with Crippen molar-refractivity contribution in [2.45, 2.75) is 0 Å². The zero-order chi connectivity index (χ0) is 7.15. The van der Waals surface area contributed by atoms with E-state index in [9.17, 15) is 0 Å². The van der Waals surface area contributed by atoms with Gasteiger partial charge in [0.05, 0.1) is 8.41 Å². The van der Waals surface area contributed by atoms with Crippen molar-refractivity contribution in [1.82, 2.24) is 0 Å². The lowest BCUT2D eigenvalue weighted by atomic mass is 10.8. The normalized spacial score (nSPS) is 4.80. The number of rotatable bonds is 0. The van der Waals surface area contributed by atoms with Crippen molar-refractivity contribution in [3.8, 4) is 0 Å². The molecular formula is H9BN2O6Si. The highest BCUT2D eigenvalue weighted by atomic mass is 28.1. The van der Waals surface area contributed by atoms with Gasteiger partial charge in [0.25, 0.3) is 10.2 Å². The molecule has 0 unspecified atom stereocenters. The summed E-state index contributed by atoms with van der Waals surface area (Å²) < 4.78 is 0. The van der Waals surface area contributed by atoms with Crippen molar-refractivity contribution in [3.05, 3.63) is 20.2 Å². The van der Waals surface area contributed by atoms with Crippen LogP contribution in [0.2, 0.25) is 0 Å². The molecule has 0 bridgehead atoms. The van der Waals surface area contributed by atoms with Crippen molar-refractivity contribution in [2.24, 2.45) is 0 Å². The minimum Gasteiger partial charge on any atom is -0.328 e. The maximum atomic E-state index is 8.36. The molecule has 62 valence electrons. The van der Waals surface area contributed by atoms with Crippen LogP contribution in [-0.4, -0.2) is 40.0 Å². The maximum Gasteiger partial charge on any atom is 0.291 e. The molecule has 2 N–H and O–H groups in total. The third-order valence-corrected chi connectivity index (χ3v) is 0. The van der Waals surface area contributed by atoms with Gasteiger partial charge in [-0.1, -0.05) is 0 Å². The Morgan fingerprint density at radius 3 is 1.00 bits per heavy atom. The summed E-state index contributed by atoms with van der Waals surface area (Å²) in [4.78, 5) is 16.7. The molecule has 0 saturated heterocycles. The summed E-state index contributed by atoms with van der Waals surface area (Å²) in [5, 5.41) is 27.3. The largest absolute Gasteiger partial charge is 0.328 e. The molecule has 0 radical (unpaired) electrons. The molecule has 0 saturated carbocycles. The van der Waals surface area contributed by atoms with E-state index in [1.54, 1.807) is 0 Å². The SMILES string of the molecule is B.O=[N+]([O-])O.O=[N+]([O-])O.[SiH4]. The molecule has 0 aromatic heterocycles. The first-order chi connectivity index (χ1) is 3.46. The Kier molecular flexibility index (Phi) is 36.6. The maximum absolute atomic E-state index is 8.36. The second-order valence-corrected chi connectivity index (χ2v) is 0.476. The van der Waals surface area contributed by atoms with Gasteiger partial charge in [-0.25, -0.2) is 0 Å². The van der Waals surface area contributed by atoms with Gasteiger partial charge in [0.15, 0.2) is 0 Å². The van der Waals surface area contributed by atoms with E-state index in [0.29, 0.717) is 0 Å². The molecule has 0 heterocycles. The van der Waals surface area contributed by atoms with Crippen LogP contribution in [0.1, 0.15) is 0 Å². The van der Waals surface area contributed by atoms with Crippen LogP contribution in [0.15, 0.2) is 0 Å². The first kappa shape index (κ1) is 23.4. The number of hydrogen-bond donors (Lipinski definition) is 2. The molecule has 0 fully saturated rings. The average Bonchev–Trinajstić information content (AvgIpc) is 1.25. The van der Waals surface area contributed by atoms with Crippen LogP contribution in [-0.2, 0) is 0 Å². The first-order valence-electron chi connectivity index (χ1n) is 1.13. The van der Waals surface area contributed by atoms with E-state index in [-0.39, 0.29) is 19.4 Å². The average molecular weight is 172 g/mol. The highest BCUT2D eigenvalue weighted by Gasteiger charge is 1.65. The van der Waals surface area contributed by atoms with Gasteiger partial charge in [0, 0.05) is 0 Å². The van der Waals surface area contributed by atoms with Gasteiger partial charge in [0.2, 0.25) is 0 Å². The minimum absolute atomic E-state index is 0. The Bertz CT molecular complexity index is 73.7. The lowest BCUT2D eigenvalue weighted by molar-refractivity contribution is -0.742. The third kappa shape index (κ3) is 124. The summed E-state index contributed by atoms with van der Waals surface area (Å²) in [7, 11) is 0. The Morgan fingerprint density at radius 1 is 1.00 bits per heavy atom. The Morgan fingerprint density at radius 2 is 1.00 bits per heavy atom. The monoisotopic (exact) mass is 172 g/mol. The summed E-state index contributed by atoms with van der Waals surface area (Å²) in [6, 6.07) is 0. The Balaban J connectivity index is -0.0000000300. The van der Waals surface area contributed by atoms with E-state index in [4.69, 9.17) is 30.6 Å². The molecule has 0 atom stereocenters. The van der Waals surface area contributed by atoms with Crippen molar-refractivity contribution in [2.75, 3.05) is 0 Å². The highest BCUT2D eigenvalue weighted by Crippen LogP contribution is 1.38. The zero-order valence-electron chi connectivity index (χ0n) is 3.42. The van der Waals surface area contributed by atoms with E-state index < -0.39 is 10.2 Å². The molecule has 0 aromatic rings. The standard InChI is InChI=1S/BH3.2HNO3.H4Si/c;2*2-1(3)4;/h1H3;2*(H,2,3,4);1H4. The van der Waals surface area contributed by atoms with Crippen molar-refractivity contribution in [3.63, 3.8) is 0 Å². The topological polar surface area (TPSA) is 127 Å². The number of nitrogens with zero attached hydrogens (tertiary/aromatic N) is 2. The van der Waals surface area contributed by atoms with Crippen LogP contribution < -0.4 is 0 Å². The highest BCUT2D eigenvalue weighted by molar-refractivity contribution is 5.76. The minimum atomic E-state index is -1.50. The van der Waals surface area contributed by atoms with Crippen LogP contribution in [0, 0.1) is 20.2 Å². The molecule has 8 nitrogen and oxygen atoms in total. The smallest absolute Gasteiger partial charge is 0.291 e. The van der Waals surface area contributed by atoms with E-state index in [0.717, 1.165) is 0 Å². The quantitative estimate of drug-likeness (QED) is 0.223. The molecular weight excluding hydrogens is 163 g/mol. The summed E-state index contributed by atoms with van der Waals surface area (Å²) in [5.74, 6) is 0. The second kappa shape index (κ2) is 15.6. The fourth-order valence-corrected chi connectivity index (χ4v) is 0. The van der Waals surface area contributed by atoms with Crippen LogP contribution >= 0.6 is 0 Å². The zero-order valence-corrected chi connectivity index (χ0v) is 3.42. The van der Waals surface area contributed by atoms with Crippen LogP contribution in [0.25, 0.3) is 0 Å². The third-order valence-electron chi connectivity index (χ3n) is 0. The Labute approximate surface area is 61.3 Å². The summed E-state index contributed by atoms with van der Waals surface area (Å²) >= 11 is 0. The predicted molar refractivity (Wildman–Crippen MR) is 38.8 cm³/mol. The van der Waals surface area contributed by atoms with Gasteiger partial charge in [-0.15, -0.1) is 20.2 Å². The van der Waals surface area contributed by atoms with E-state index in [1.165, 1.54) is 0 Å². The van der Waals surface area contributed by atoms with Crippen molar-refractivity contribution < 1.29 is 20.6 Å².